The summed E-state index contributed by atoms with van der Waals surface area (Å²) in [6.45, 7) is 13.8. The van der Waals surface area contributed by atoms with Crippen LogP contribution >= 0.6 is 0 Å². The van der Waals surface area contributed by atoms with Gasteiger partial charge in [0.1, 0.15) is 0 Å². The van der Waals surface area contributed by atoms with Crippen LogP contribution in [0.4, 0.5) is 0 Å². The van der Waals surface area contributed by atoms with Gasteiger partial charge in [-0.2, -0.15) is 0 Å². The van der Waals surface area contributed by atoms with Crippen LogP contribution in [0.3, 0.4) is 0 Å². The monoisotopic (exact) mass is 400 g/mol. The molecule has 0 amide bonds. The molecule has 3 fully saturated rings. The Bertz CT molecular complexity index is 643. The predicted octanol–water partition coefficient (Wildman–Crippen LogP) is 6.59. The zero-order valence-corrected chi connectivity index (χ0v) is 19.3. The Morgan fingerprint density at radius 2 is 1.90 bits per heavy atom. The second-order valence-corrected chi connectivity index (χ2v) is 11.0. The van der Waals surface area contributed by atoms with Crippen molar-refractivity contribution >= 4 is 0 Å². The van der Waals surface area contributed by atoms with E-state index in [-0.39, 0.29) is 0 Å². The molecule has 164 valence electrons. The van der Waals surface area contributed by atoms with Gasteiger partial charge in [0.25, 0.3) is 0 Å². The van der Waals surface area contributed by atoms with E-state index >= 15 is 0 Å². The second-order valence-electron chi connectivity index (χ2n) is 11.0. The maximum absolute atomic E-state index is 10.1. The molecule has 0 bridgehead atoms. The summed E-state index contributed by atoms with van der Waals surface area (Å²) in [6.07, 6.45) is 15.2. The summed E-state index contributed by atoms with van der Waals surface area (Å²) < 4.78 is 0. The van der Waals surface area contributed by atoms with E-state index < -0.39 is 12.2 Å². The molecule has 3 rings (SSSR count). The Morgan fingerprint density at radius 3 is 2.62 bits per heavy atom. The van der Waals surface area contributed by atoms with Gasteiger partial charge in [0, 0.05) is 6.42 Å². The van der Waals surface area contributed by atoms with Crippen molar-refractivity contribution < 1.29 is 10.2 Å². The van der Waals surface area contributed by atoms with Gasteiger partial charge in [-0.15, -0.1) is 0 Å². The normalized spacial score (nSPS) is 39.3. The molecular weight excluding hydrogens is 356 g/mol. The van der Waals surface area contributed by atoms with Crippen LogP contribution in [0.5, 0.6) is 0 Å². The zero-order chi connectivity index (χ0) is 21.2. The lowest BCUT2D eigenvalue weighted by Crippen LogP contribution is -2.36. The number of fused-ring (bicyclic) bond motifs is 1. The van der Waals surface area contributed by atoms with E-state index in [0.29, 0.717) is 24.2 Å². The summed E-state index contributed by atoms with van der Waals surface area (Å²) in [6, 6.07) is 0. The van der Waals surface area contributed by atoms with Crippen LogP contribution in [-0.2, 0) is 0 Å². The van der Waals surface area contributed by atoms with E-state index in [1.54, 1.807) is 5.57 Å². The van der Waals surface area contributed by atoms with Crippen molar-refractivity contribution in [3.05, 3.63) is 35.5 Å². The largest absolute Gasteiger partial charge is 0.393 e. The van der Waals surface area contributed by atoms with Crippen molar-refractivity contribution in [1.29, 1.82) is 0 Å². The number of rotatable bonds is 6. The first kappa shape index (κ1) is 22.8. The quantitative estimate of drug-likeness (QED) is 0.528. The topological polar surface area (TPSA) is 40.5 Å². The summed E-state index contributed by atoms with van der Waals surface area (Å²) >= 11 is 0. The van der Waals surface area contributed by atoms with E-state index in [1.165, 1.54) is 51.4 Å². The van der Waals surface area contributed by atoms with Crippen LogP contribution in [0.25, 0.3) is 0 Å². The zero-order valence-electron chi connectivity index (χ0n) is 19.3. The van der Waals surface area contributed by atoms with Crippen molar-refractivity contribution in [3.8, 4) is 0 Å². The molecule has 0 unspecified atom stereocenters. The highest BCUT2D eigenvalue weighted by molar-refractivity contribution is 5.38. The molecule has 0 saturated heterocycles. The third kappa shape index (κ3) is 5.07. The molecule has 0 aromatic rings. The summed E-state index contributed by atoms with van der Waals surface area (Å²) in [5.74, 6) is 3.20. The Hall–Kier alpha value is -0.860. The number of hydrogen-bond acceptors (Lipinski definition) is 2. The van der Waals surface area contributed by atoms with Crippen LogP contribution in [-0.4, -0.2) is 22.4 Å². The maximum atomic E-state index is 10.1. The first-order valence-corrected chi connectivity index (χ1v) is 12.2. The molecule has 2 N–H and O–H groups in total. The van der Waals surface area contributed by atoms with Crippen molar-refractivity contribution in [2.24, 2.45) is 29.1 Å². The molecule has 0 spiro atoms. The van der Waals surface area contributed by atoms with Gasteiger partial charge in [-0.25, -0.2) is 0 Å². The minimum Gasteiger partial charge on any atom is -0.393 e. The average Bonchev–Trinajstić information content (AvgIpc) is 3.00. The summed E-state index contributed by atoms with van der Waals surface area (Å²) in [5.41, 5.74) is 3.88. The molecule has 2 heteroatoms. The van der Waals surface area contributed by atoms with E-state index in [9.17, 15) is 10.2 Å². The third-order valence-electron chi connectivity index (χ3n) is 8.43. The van der Waals surface area contributed by atoms with Crippen LogP contribution in [0.2, 0.25) is 0 Å². The minimum absolute atomic E-state index is 0.420. The van der Waals surface area contributed by atoms with Crippen molar-refractivity contribution in [3.63, 3.8) is 0 Å². The van der Waals surface area contributed by atoms with E-state index in [1.807, 2.05) is 0 Å². The summed E-state index contributed by atoms with van der Waals surface area (Å²) in [7, 11) is 0. The summed E-state index contributed by atoms with van der Waals surface area (Å²) in [4.78, 5) is 0. The molecule has 0 aromatic carbocycles. The highest BCUT2D eigenvalue weighted by atomic mass is 16.3. The Morgan fingerprint density at radius 1 is 1.14 bits per heavy atom. The average molecular weight is 401 g/mol. The van der Waals surface area contributed by atoms with E-state index in [4.69, 9.17) is 0 Å². The molecule has 3 saturated carbocycles. The first-order chi connectivity index (χ1) is 13.7. The fourth-order valence-electron chi connectivity index (χ4n) is 6.73. The minimum atomic E-state index is -0.595. The number of hydrogen-bond donors (Lipinski definition) is 2. The fourth-order valence-corrected chi connectivity index (χ4v) is 6.73. The molecule has 2 nitrogen and oxygen atoms in total. The van der Waals surface area contributed by atoms with Crippen LogP contribution < -0.4 is 0 Å². The van der Waals surface area contributed by atoms with Crippen molar-refractivity contribution in [1.82, 2.24) is 0 Å². The van der Waals surface area contributed by atoms with Gasteiger partial charge in [0.2, 0.25) is 0 Å². The molecule has 0 radical (unpaired) electrons. The molecule has 3 aliphatic carbocycles. The molecule has 0 aromatic heterocycles. The van der Waals surface area contributed by atoms with Crippen LogP contribution in [0.1, 0.15) is 91.9 Å². The Kier molecular flexibility index (Phi) is 7.49. The van der Waals surface area contributed by atoms with Gasteiger partial charge in [-0.3, -0.25) is 0 Å². The molecule has 3 aliphatic rings. The van der Waals surface area contributed by atoms with Gasteiger partial charge >= 0.3 is 0 Å². The highest BCUT2D eigenvalue weighted by Crippen LogP contribution is 2.59. The van der Waals surface area contributed by atoms with E-state index in [2.05, 4.69) is 46.4 Å². The lowest BCUT2D eigenvalue weighted by Gasteiger charge is -2.44. The number of aliphatic hydroxyl groups is 2. The smallest absolute Gasteiger partial charge is 0.0811 e. The standard InChI is InChI=1S/C27H44O2/c1-18(2)8-6-9-19(3)24-13-14-25-21(10-7-15-27(24,25)5)11-12-22-16-23(28)17-26(29)20(22)4/h11-12,18-19,23-26,28-29H,4,6-10,13-17H2,1-3,5H3/b21-11+,22-12-/t19-,23-,24-,25+,26-,27+/m0/s1. The van der Waals surface area contributed by atoms with Crippen LogP contribution in [0, 0.1) is 29.1 Å². The van der Waals surface area contributed by atoms with E-state index in [0.717, 1.165) is 28.9 Å². The fraction of sp³-hybridized carbons (Fsp3) is 0.778. The van der Waals surface area contributed by atoms with Gasteiger partial charge in [-0.05, 0) is 78.8 Å². The lowest BCUT2D eigenvalue weighted by atomic mass is 9.60. The SMILES string of the molecule is C=C1/C(=C\C=C2/CCC[C@@]3(C)[C@@H]2CC[C@H]3[C@@H](C)CCCC(C)C)C[C@H](O)C[C@@H]1O. The molecule has 0 heterocycles. The van der Waals surface area contributed by atoms with Crippen molar-refractivity contribution in [2.75, 3.05) is 0 Å². The third-order valence-corrected chi connectivity index (χ3v) is 8.43. The predicted molar refractivity (Wildman–Crippen MR) is 123 cm³/mol. The number of aliphatic hydroxyl groups excluding tert-OH is 2. The number of allylic oxidation sites excluding steroid dienone is 3. The highest BCUT2D eigenvalue weighted by Gasteiger charge is 2.50. The summed E-state index contributed by atoms with van der Waals surface area (Å²) in [5, 5.41) is 20.2. The first-order valence-electron chi connectivity index (χ1n) is 12.2. The molecule has 29 heavy (non-hydrogen) atoms. The van der Waals surface area contributed by atoms with Gasteiger partial charge in [0.15, 0.2) is 0 Å². The van der Waals surface area contributed by atoms with Gasteiger partial charge in [0.05, 0.1) is 12.2 Å². The van der Waals surface area contributed by atoms with Crippen LogP contribution in [0.15, 0.2) is 35.5 Å². The molecular formula is C27H44O2. The molecule has 0 aliphatic heterocycles. The lowest BCUT2D eigenvalue weighted by molar-refractivity contribution is 0.0861. The molecule has 6 atom stereocenters. The Balaban J connectivity index is 1.71. The van der Waals surface area contributed by atoms with Gasteiger partial charge in [-0.1, -0.05) is 71.3 Å². The second kappa shape index (κ2) is 9.52. The Labute approximate surface area is 179 Å². The maximum Gasteiger partial charge on any atom is 0.0811 e. The van der Waals surface area contributed by atoms with Crippen molar-refractivity contribution in [2.45, 2.75) is 104 Å². The van der Waals surface area contributed by atoms with Gasteiger partial charge < -0.3 is 10.2 Å².